The van der Waals surface area contributed by atoms with Gasteiger partial charge in [0.2, 0.25) is 0 Å². The zero-order chi connectivity index (χ0) is 12.8. The minimum Gasteiger partial charge on any atom is -0.384 e. The third-order valence-corrected chi connectivity index (χ3v) is 4.03. The van der Waals surface area contributed by atoms with Crippen molar-refractivity contribution in [1.82, 2.24) is 4.90 Å². The number of rotatable bonds is 1. The van der Waals surface area contributed by atoms with Gasteiger partial charge in [-0.2, -0.15) is 0 Å². The van der Waals surface area contributed by atoms with Crippen LogP contribution in [-0.4, -0.2) is 30.4 Å². The Hall–Kier alpha value is -1.51. The van der Waals surface area contributed by atoms with E-state index >= 15 is 0 Å². The van der Waals surface area contributed by atoms with Gasteiger partial charge in [-0.25, -0.2) is 0 Å². The molecule has 3 nitrogen and oxygen atoms in total. The van der Waals surface area contributed by atoms with E-state index in [0.717, 1.165) is 43.7 Å². The average molecular weight is 244 g/mol. The second-order valence-corrected chi connectivity index (χ2v) is 6.19. The van der Waals surface area contributed by atoms with Gasteiger partial charge in [0.05, 0.1) is 0 Å². The molecule has 0 radical (unpaired) electrons. The standard InChI is InChI=1S/C15H20N2O/c1-15(2)6-8-17(10-15)14(18)12-4-3-11-5-7-16-13(11)9-12/h3-4,9,16H,5-8,10H2,1-2H3. The minimum atomic E-state index is 0.178. The van der Waals surface area contributed by atoms with Crippen LogP contribution in [0.1, 0.15) is 36.2 Å². The summed E-state index contributed by atoms with van der Waals surface area (Å²) in [5, 5.41) is 3.33. The molecule has 0 unspecified atom stereocenters. The molecule has 3 rings (SSSR count). The van der Waals surface area contributed by atoms with Gasteiger partial charge in [0.1, 0.15) is 0 Å². The van der Waals surface area contributed by atoms with Gasteiger partial charge >= 0.3 is 0 Å². The fourth-order valence-electron chi connectivity index (χ4n) is 2.89. The number of hydrogen-bond donors (Lipinski definition) is 1. The number of amides is 1. The fraction of sp³-hybridized carbons (Fsp3) is 0.533. The number of fused-ring (bicyclic) bond motifs is 1. The van der Waals surface area contributed by atoms with Crippen LogP contribution in [0.2, 0.25) is 0 Å². The summed E-state index contributed by atoms with van der Waals surface area (Å²) in [6.07, 6.45) is 2.17. The monoisotopic (exact) mass is 244 g/mol. The number of hydrogen-bond acceptors (Lipinski definition) is 2. The largest absolute Gasteiger partial charge is 0.384 e. The number of benzene rings is 1. The van der Waals surface area contributed by atoms with Gasteiger partial charge in [-0.15, -0.1) is 0 Å². The highest BCUT2D eigenvalue weighted by molar-refractivity contribution is 5.95. The molecule has 1 fully saturated rings. The summed E-state index contributed by atoms with van der Waals surface area (Å²) < 4.78 is 0. The van der Waals surface area contributed by atoms with E-state index in [1.165, 1.54) is 5.56 Å². The molecule has 0 bridgehead atoms. The zero-order valence-corrected chi connectivity index (χ0v) is 11.1. The van der Waals surface area contributed by atoms with Crippen LogP contribution in [0.4, 0.5) is 5.69 Å². The molecule has 0 aliphatic carbocycles. The molecule has 2 aliphatic rings. The molecule has 2 heterocycles. The Kier molecular flexibility index (Phi) is 2.58. The van der Waals surface area contributed by atoms with Crippen LogP contribution in [0, 0.1) is 5.41 Å². The van der Waals surface area contributed by atoms with Crippen LogP contribution in [0.15, 0.2) is 18.2 Å². The van der Waals surface area contributed by atoms with Crippen LogP contribution in [-0.2, 0) is 6.42 Å². The van der Waals surface area contributed by atoms with Gasteiger partial charge in [0, 0.05) is 30.9 Å². The molecule has 0 atom stereocenters. The number of anilines is 1. The van der Waals surface area contributed by atoms with Crippen molar-refractivity contribution in [2.24, 2.45) is 5.41 Å². The summed E-state index contributed by atoms with van der Waals surface area (Å²) in [6.45, 7) is 7.20. The van der Waals surface area contributed by atoms with Crippen molar-refractivity contribution in [2.75, 3.05) is 25.0 Å². The molecule has 0 spiro atoms. The Balaban J connectivity index is 1.81. The molecule has 1 aromatic rings. The molecule has 0 saturated carbocycles. The van der Waals surface area contributed by atoms with E-state index in [2.05, 4.69) is 25.2 Å². The average Bonchev–Trinajstić information content (AvgIpc) is 2.93. The maximum atomic E-state index is 12.4. The van der Waals surface area contributed by atoms with Gasteiger partial charge in [-0.1, -0.05) is 19.9 Å². The number of nitrogens with zero attached hydrogens (tertiary/aromatic N) is 1. The van der Waals surface area contributed by atoms with E-state index in [-0.39, 0.29) is 11.3 Å². The minimum absolute atomic E-state index is 0.178. The Labute approximate surface area is 108 Å². The maximum absolute atomic E-state index is 12.4. The zero-order valence-electron chi connectivity index (χ0n) is 11.1. The van der Waals surface area contributed by atoms with Crippen molar-refractivity contribution < 1.29 is 4.79 Å². The smallest absolute Gasteiger partial charge is 0.253 e. The Bertz CT molecular complexity index is 493. The summed E-state index contributed by atoms with van der Waals surface area (Å²) >= 11 is 0. The number of carbonyl (C=O) groups excluding carboxylic acids is 1. The van der Waals surface area contributed by atoms with Crippen LogP contribution < -0.4 is 5.32 Å². The first-order chi connectivity index (χ1) is 8.55. The Morgan fingerprint density at radius 2 is 2.22 bits per heavy atom. The molecular weight excluding hydrogens is 224 g/mol. The van der Waals surface area contributed by atoms with Crippen LogP contribution >= 0.6 is 0 Å². The second kappa shape index (κ2) is 4.01. The molecule has 0 aromatic heterocycles. The van der Waals surface area contributed by atoms with E-state index < -0.39 is 0 Å². The van der Waals surface area contributed by atoms with Gasteiger partial charge < -0.3 is 10.2 Å². The lowest BCUT2D eigenvalue weighted by Gasteiger charge is -2.20. The predicted molar refractivity (Wildman–Crippen MR) is 72.9 cm³/mol. The van der Waals surface area contributed by atoms with Crippen molar-refractivity contribution in [3.8, 4) is 0 Å². The van der Waals surface area contributed by atoms with Crippen LogP contribution in [0.25, 0.3) is 0 Å². The first-order valence-electron chi connectivity index (χ1n) is 6.71. The lowest BCUT2D eigenvalue weighted by molar-refractivity contribution is 0.0778. The van der Waals surface area contributed by atoms with E-state index in [1.807, 2.05) is 17.0 Å². The van der Waals surface area contributed by atoms with Gasteiger partial charge in [0.25, 0.3) is 5.91 Å². The highest BCUT2D eigenvalue weighted by Gasteiger charge is 2.32. The van der Waals surface area contributed by atoms with Gasteiger partial charge in [0.15, 0.2) is 0 Å². The van der Waals surface area contributed by atoms with E-state index in [0.29, 0.717) is 0 Å². The molecule has 3 heteroatoms. The fourth-order valence-corrected chi connectivity index (χ4v) is 2.89. The van der Waals surface area contributed by atoms with Crippen molar-refractivity contribution in [3.63, 3.8) is 0 Å². The summed E-state index contributed by atoms with van der Waals surface area (Å²) in [6, 6.07) is 6.07. The van der Waals surface area contributed by atoms with E-state index in [1.54, 1.807) is 0 Å². The first-order valence-corrected chi connectivity index (χ1v) is 6.71. The maximum Gasteiger partial charge on any atom is 0.253 e. The molecule has 2 aliphatic heterocycles. The van der Waals surface area contributed by atoms with Crippen LogP contribution in [0.3, 0.4) is 0 Å². The number of carbonyl (C=O) groups is 1. The molecule has 1 amide bonds. The summed E-state index contributed by atoms with van der Waals surface area (Å²) in [4.78, 5) is 14.4. The Morgan fingerprint density at radius 1 is 1.39 bits per heavy atom. The lowest BCUT2D eigenvalue weighted by Crippen LogP contribution is -2.30. The quantitative estimate of drug-likeness (QED) is 0.823. The Morgan fingerprint density at radius 3 is 2.94 bits per heavy atom. The third kappa shape index (κ3) is 1.98. The molecule has 18 heavy (non-hydrogen) atoms. The van der Waals surface area contributed by atoms with E-state index in [4.69, 9.17) is 0 Å². The first kappa shape index (κ1) is 11.6. The van der Waals surface area contributed by atoms with Crippen LogP contribution in [0.5, 0.6) is 0 Å². The highest BCUT2D eigenvalue weighted by atomic mass is 16.2. The second-order valence-electron chi connectivity index (χ2n) is 6.19. The summed E-state index contributed by atoms with van der Waals surface area (Å²) in [5.74, 6) is 0.178. The van der Waals surface area contributed by atoms with Crippen molar-refractivity contribution in [3.05, 3.63) is 29.3 Å². The molecular formula is C15H20N2O. The van der Waals surface area contributed by atoms with E-state index in [9.17, 15) is 4.79 Å². The van der Waals surface area contributed by atoms with Gasteiger partial charge in [-0.3, -0.25) is 4.79 Å². The predicted octanol–water partition coefficient (Wildman–Crippen LogP) is 2.53. The molecule has 1 aromatic carbocycles. The molecule has 1 saturated heterocycles. The SMILES string of the molecule is CC1(C)CCN(C(=O)c2ccc3c(c2)NCC3)C1. The molecule has 1 N–H and O–H groups in total. The summed E-state index contributed by atoms with van der Waals surface area (Å²) in [5.41, 5.74) is 3.55. The molecule has 96 valence electrons. The highest BCUT2D eigenvalue weighted by Crippen LogP contribution is 2.30. The third-order valence-electron chi connectivity index (χ3n) is 4.03. The topological polar surface area (TPSA) is 32.3 Å². The lowest BCUT2D eigenvalue weighted by atomic mass is 9.93. The van der Waals surface area contributed by atoms with Crippen molar-refractivity contribution in [1.29, 1.82) is 0 Å². The summed E-state index contributed by atoms with van der Waals surface area (Å²) in [7, 11) is 0. The van der Waals surface area contributed by atoms with Crippen molar-refractivity contribution >= 4 is 11.6 Å². The number of likely N-dealkylation sites (tertiary alicyclic amines) is 1. The normalized spacial score (nSPS) is 20.7. The number of nitrogens with one attached hydrogen (secondary N) is 1. The van der Waals surface area contributed by atoms with Gasteiger partial charge in [-0.05, 0) is 36.0 Å². The van der Waals surface area contributed by atoms with Crippen molar-refractivity contribution in [2.45, 2.75) is 26.7 Å².